The van der Waals surface area contributed by atoms with E-state index in [2.05, 4.69) is 76.7 Å². The summed E-state index contributed by atoms with van der Waals surface area (Å²) in [5, 5.41) is 3.79. The van der Waals surface area contributed by atoms with Gasteiger partial charge in [-0.05, 0) is 62.5 Å². The van der Waals surface area contributed by atoms with Crippen LogP contribution in [-0.4, -0.2) is 40.6 Å². The van der Waals surface area contributed by atoms with Gasteiger partial charge in [-0.25, -0.2) is 4.79 Å². The molecule has 176 valence electrons. The van der Waals surface area contributed by atoms with Crippen molar-refractivity contribution < 1.29 is 0 Å². The van der Waals surface area contributed by atoms with Crippen LogP contribution in [0.25, 0.3) is 11.0 Å². The molecule has 2 N–H and O–H groups in total. The third kappa shape index (κ3) is 5.01. The first-order valence-corrected chi connectivity index (χ1v) is 12.5. The van der Waals surface area contributed by atoms with Gasteiger partial charge in [0.05, 0.1) is 17.1 Å². The Balaban J connectivity index is 1.14. The summed E-state index contributed by atoms with van der Waals surface area (Å²) in [6.45, 7) is 6.26. The number of fused-ring (bicyclic) bond motifs is 1. The number of para-hydroxylation sites is 2. The molecule has 5 heteroatoms. The number of aromatic amines is 1. The minimum Gasteiger partial charge on any atom is -0.306 e. The molecule has 4 aromatic rings. The number of hydrogen-bond donors (Lipinski definition) is 2. The van der Waals surface area contributed by atoms with Crippen molar-refractivity contribution in [2.75, 3.05) is 26.2 Å². The molecule has 1 atom stereocenters. The zero-order chi connectivity index (χ0) is 23.3. The number of rotatable bonds is 8. The van der Waals surface area contributed by atoms with Crippen molar-refractivity contribution in [3.8, 4) is 0 Å². The number of nitrogens with zero attached hydrogens (tertiary/aromatic N) is 2. The Morgan fingerprint density at radius 3 is 2.35 bits per heavy atom. The van der Waals surface area contributed by atoms with Gasteiger partial charge < -0.3 is 15.2 Å². The fraction of sp³-hybridized carbons (Fsp3) is 0.345. The van der Waals surface area contributed by atoms with E-state index < -0.39 is 0 Å². The van der Waals surface area contributed by atoms with Gasteiger partial charge in [-0.3, -0.25) is 4.57 Å². The molecular formula is C29H34N4O. The van der Waals surface area contributed by atoms with Crippen LogP contribution in [0.4, 0.5) is 0 Å². The minimum atomic E-state index is 0.0203. The van der Waals surface area contributed by atoms with Crippen LogP contribution < -0.4 is 11.0 Å². The third-order valence-corrected chi connectivity index (χ3v) is 7.09. The highest BCUT2D eigenvalue weighted by atomic mass is 16.1. The second kappa shape index (κ2) is 10.4. The molecule has 1 aliphatic rings. The lowest BCUT2D eigenvalue weighted by molar-refractivity contribution is 0.184. The van der Waals surface area contributed by atoms with E-state index in [-0.39, 0.29) is 17.8 Å². The highest BCUT2D eigenvalue weighted by Gasteiger charge is 2.23. The standard InChI is InChI=1S/C29H34N4O/c1-22-12-14-24(15-13-22)28(23-8-3-2-4-9-23)30-18-7-19-32-20-16-25(17-21-32)33-27-11-6-5-10-26(27)31-29(33)34/h2-6,8-15,25,28,30H,7,16-21H2,1H3,(H,31,34). The Morgan fingerprint density at radius 1 is 0.912 bits per heavy atom. The van der Waals surface area contributed by atoms with Crippen molar-refractivity contribution in [3.63, 3.8) is 0 Å². The van der Waals surface area contributed by atoms with Gasteiger partial charge in [0.15, 0.2) is 0 Å². The Bertz CT molecular complexity index is 1250. The summed E-state index contributed by atoms with van der Waals surface area (Å²) in [6.07, 6.45) is 3.14. The molecule has 34 heavy (non-hydrogen) atoms. The van der Waals surface area contributed by atoms with E-state index in [9.17, 15) is 4.79 Å². The molecule has 1 aliphatic heterocycles. The lowest BCUT2D eigenvalue weighted by atomic mass is 9.97. The van der Waals surface area contributed by atoms with Gasteiger partial charge in [-0.1, -0.05) is 72.3 Å². The summed E-state index contributed by atoms with van der Waals surface area (Å²) in [5.74, 6) is 0. The molecule has 5 rings (SSSR count). The van der Waals surface area contributed by atoms with Gasteiger partial charge in [0, 0.05) is 19.1 Å². The number of hydrogen-bond acceptors (Lipinski definition) is 3. The van der Waals surface area contributed by atoms with Gasteiger partial charge in [-0.2, -0.15) is 0 Å². The summed E-state index contributed by atoms with van der Waals surface area (Å²) >= 11 is 0. The normalized spacial score (nSPS) is 16.1. The molecule has 0 radical (unpaired) electrons. The molecule has 0 spiro atoms. The fourth-order valence-corrected chi connectivity index (χ4v) is 5.22. The van der Waals surface area contributed by atoms with Crippen molar-refractivity contribution >= 4 is 11.0 Å². The molecule has 1 unspecified atom stereocenters. The lowest BCUT2D eigenvalue weighted by Crippen LogP contribution is -2.38. The van der Waals surface area contributed by atoms with E-state index >= 15 is 0 Å². The first kappa shape index (κ1) is 22.6. The Labute approximate surface area is 201 Å². The van der Waals surface area contributed by atoms with E-state index in [1.807, 2.05) is 28.8 Å². The van der Waals surface area contributed by atoms with Gasteiger partial charge >= 0.3 is 5.69 Å². The molecule has 0 bridgehead atoms. The number of piperidine rings is 1. The van der Waals surface area contributed by atoms with Crippen LogP contribution in [0.5, 0.6) is 0 Å². The maximum atomic E-state index is 12.5. The first-order valence-electron chi connectivity index (χ1n) is 12.5. The smallest absolute Gasteiger partial charge is 0.306 e. The molecule has 1 fully saturated rings. The van der Waals surface area contributed by atoms with Crippen LogP contribution in [-0.2, 0) is 0 Å². The van der Waals surface area contributed by atoms with Crippen LogP contribution in [0.15, 0.2) is 83.7 Å². The molecule has 5 nitrogen and oxygen atoms in total. The number of nitrogens with one attached hydrogen (secondary N) is 2. The lowest BCUT2D eigenvalue weighted by Gasteiger charge is -2.32. The van der Waals surface area contributed by atoms with E-state index in [0.29, 0.717) is 0 Å². The average molecular weight is 455 g/mol. The average Bonchev–Trinajstić information content (AvgIpc) is 3.21. The zero-order valence-corrected chi connectivity index (χ0v) is 19.9. The summed E-state index contributed by atoms with van der Waals surface area (Å²) in [5.41, 5.74) is 5.87. The van der Waals surface area contributed by atoms with Crippen LogP contribution in [0.3, 0.4) is 0 Å². The van der Waals surface area contributed by atoms with Gasteiger partial charge in [0.25, 0.3) is 0 Å². The van der Waals surface area contributed by atoms with Crippen LogP contribution in [0.2, 0.25) is 0 Å². The molecule has 2 heterocycles. The highest BCUT2D eigenvalue weighted by Crippen LogP contribution is 2.25. The third-order valence-electron chi connectivity index (χ3n) is 7.09. The van der Waals surface area contributed by atoms with E-state index in [0.717, 1.165) is 56.5 Å². The largest absolute Gasteiger partial charge is 0.326 e. The zero-order valence-electron chi connectivity index (χ0n) is 19.9. The Hall–Kier alpha value is -3.15. The maximum absolute atomic E-state index is 12.5. The number of aryl methyl sites for hydroxylation is 1. The van der Waals surface area contributed by atoms with Crippen LogP contribution >= 0.6 is 0 Å². The van der Waals surface area contributed by atoms with Crippen molar-refractivity contribution in [3.05, 3.63) is 106 Å². The molecule has 3 aromatic carbocycles. The van der Waals surface area contributed by atoms with E-state index in [4.69, 9.17) is 0 Å². The molecule has 0 aliphatic carbocycles. The summed E-state index contributed by atoms with van der Waals surface area (Å²) in [7, 11) is 0. The molecule has 0 amide bonds. The molecule has 0 saturated carbocycles. The maximum Gasteiger partial charge on any atom is 0.326 e. The summed E-state index contributed by atoms with van der Waals surface area (Å²) in [6, 6.07) is 28.0. The Morgan fingerprint density at radius 2 is 1.59 bits per heavy atom. The number of H-pyrrole nitrogens is 1. The highest BCUT2D eigenvalue weighted by molar-refractivity contribution is 5.75. The van der Waals surface area contributed by atoms with Gasteiger partial charge in [-0.15, -0.1) is 0 Å². The van der Waals surface area contributed by atoms with E-state index in [1.165, 1.54) is 16.7 Å². The quantitative estimate of drug-likeness (QED) is 0.367. The minimum absolute atomic E-state index is 0.0203. The van der Waals surface area contributed by atoms with Crippen LogP contribution in [0, 0.1) is 6.92 Å². The summed E-state index contributed by atoms with van der Waals surface area (Å²) < 4.78 is 1.97. The molecule has 1 saturated heterocycles. The second-order valence-electron chi connectivity index (χ2n) is 9.45. The predicted molar refractivity (Wildman–Crippen MR) is 139 cm³/mol. The van der Waals surface area contributed by atoms with Crippen molar-refractivity contribution in [1.29, 1.82) is 0 Å². The number of likely N-dealkylation sites (tertiary alicyclic amines) is 1. The molecule has 1 aromatic heterocycles. The number of imidazole rings is 1. The van der Waals surface area contributed by atoms with Gasteiger partial charge in [0.1, 0.15) is 0 Å². The van der Waals surface area contributed by atoms with E-state index in [1.54, 1.807) is 0 Å². The second-order valence-corrected chi connectivity index (χ2v) is 9.45. The molecular weight excluding hydrogens is 420 g/mol. The summed E-state index contributed by atoms with van der Waals surface area (Å²) in [4.78, 5) is 18.1. The van der Waals surface area contributed by atoms with Gasteiger partial charge in [0.2, 0.25) is 0 Å². The number of benzene rings is 3. The monoisotopic (exact) mass is 454 g/mol. The van der Waals surface area contributed by atoms with Crippen molar-refractivity contribution in [2.24, 2.45) is 0 Å². The van der Waals surface area contributed by atoms with Crippen molar-refractivity contribution in [2.45, 2.75) is 38.3 Å². The fourth-order valence-electron chi connectivity index (χ4n) is 5.22. The predicted octanol–water partition coefficient (Wildman–Crippen LogP) is 5.04. The van der Waals surface area contributed by atoms with Crippen molar-refractivity contribution in [1.82, 2.24) is 19.8 Å². The first-order chi connectivity index (χ1) is 16.7. The number of aromatic nitrogens is 2. The topological polar surface area (TPSA) is 53.1 Å². The SMILES string of the molecule is Cc1ccc(C(NCCCN2CCC(n3c(=O)[nH]c4ccccc43)CC2)c2ccccc2)cc1. The van der Waals surface area contributed by atoms with Crippen LogP contribution in [0.1, 0.15) is 48.0 Å². The Kier molecular flexibility index (Phi) is 6.93.